The summed E-state index contributed by atoms with van der Waals surface area (Å²) in [4.78, 5) is 11.9. The largest absolute Gasteiger partial charge is 0.458 e. The van der Waals surface area contributed by atoms with E-state index < -0.39 is 29.4 Å². The Morgan fingerprint density at radius 1 is 0.962 bits per heavy atom. The zero-order valence-corrected chi connectivity index (χ0v) is 14.8. The van der Waals surface area contributed by atoms with Gasteiger partial charge in [-0.05, 0) is 44.0 Å². The number of carbonyl (C=O) groups excluding carboxylic acids is 1. The van der Waals surface area contributed by atoms with Gasteiger partial charge in [0.15, 0.2) is 0 Å². The smallest absolute Gasteiger partial charge is 0.416 e. The summed E-state index contributed by atoms with van der Waals surface area (Å²) in [7, 11) is 0. The van der Waals surface area contributed by atoms with Crippen molar-refractivity contribution in [2.75, 3.05) is 6.61 Å². The molecule has 2 rings (SSSR count). The van der Waals surface area contributed by atoms with Crippen LogP contribution < -0.4 is 0 Å². The Bertz CT molecular complexity index is 734. The molecule has 0 aliphatic rings. The van der Waals surface area contributed by atoms with Gasteiger partial charge in [-0.15, -0.1) is 0 Å². The van der Waals surface area contributed by atoms with Gasteiger partial charge < -0.3 is 9.47 Å². The minimum atomic E-state index is -4.46. The molecule has 2 aromatic rings. The molecule has 0 bridgehead atoms. The number of hydrogen-bond donors (Lipinski definition) is 0. The summed E-state index contributed by atoms with van der Waals surface area (Å²) in [5, 5.41) is 0. The summed E-state index contributed by atoms with van der Waals surface area (Å²) in [5.41, 5.74) is -0.472. The van der Waals surface area contributed by atoms with E-state index >= 15 is 0 Å². The number of esters is 1. The zero-order chi connectivity index (χ0) is 19.4. The van der Waals surface area contributed by atoms with Crippen LogP contribution in [0.4, 0.5) is 13.2 Å². The van der Waals surface area contributed by atoms with E-state index in [4.69, 9.17) is 9.47 Å². The van der Waals surface area contributed by atoms with Crippen molar-refractivity contribution in [3.05, 3.63) is 71.3 Å². The van der Waals surface area contributed by atoms with Crippen LogP contribution in [0.1, 0.15) is 43.6 Å². The second kappa shape index (κ2) is 7.91. The van der Waals surface area contributed by atoms with E-state index in [9.17, 15) is 18.0 Å². The summed E-state index contributed by atoms with van der Waals surface area (Å²) in [6.07, 6.45) is -5.27. The average molecular weight is 366 g/mol. The third kappa shape index (κ3) is 5.88. The molecule has 2 aromatic carbocycles. The van der Waals surface area contributed by atoms with E-state index in [0.29, 0.717) is 11.1 Å². The molecule has 0 N–H and O–H groups in total. The summed E-state index contributed by atoms with van der Waals surface area (Å²) >= 11 is 0. The van der Waals surface area contributed by atoms with Crippen LogP contribution in [-0.4, -0.2) is 18.2 Å². The van der Waals surface area contributed by atoms with Gasteiger partial charge in [-0.1, -0.05) is 42.5 Å². The molecular formula is C20H21F3O3. The van der Waals surface area contributed by atoms with Crippen molar-refractivity contribution >= 4 is 5.97 Å². The Morgan fingerprint density at radius 3 is 2.15 bits per heavy atom. The maximum absolute atomic E-state index is 13.0. The van der Waals surface area contributed by atoms with Crippen LogP contribution in [0.5, 0.6) is 0 Å². The summed E-state index contributed by atoms with van der Waals surface area (Å²) in [5.74, 6) is -0.578. The highest BCUT2D eigenvalue weighted by atomic mass is 19.4. The Labute approximate surface area is 150 Å². The number of alkyl halides is 3. The van der Waals surface area contributed by atoms with E-state index in [1.807, 2.05) is 0 Å². The molecule has 140 valence electrons. The number of halogens is 3. The lowest BCUT2D eigenvalue weighted by Gasteiger charge is -2.22. The molecule has 0 fully saturated rings. The third-order valence-electron chi connectivity index (χ3n) is 3.41. The predicted molar refractivity (Wildman–Crippen MR) is 91.5 cm³/mol. The Hall–Kier alpha value is -2.34. The van der Waals surface area contributed by atoms with Gasteiger partial charge in [0.1, 0.15) is 18.3 Å². The maximum Gasteiger partial charge on any atom is 0.416 e. The van der Waals surface area contributed by atoms with E-state index in [0.717, 1.165) is 12.1 Å². The molecule has 0 aromatic heterocycles. The van der Waals surface area contributed by atoms with Gasteiger partial charge >= 0.3 is 12.1 Å². The van der Waals surface area contributed by atoms with E-state index in [2.05, 4.69) is 0 Å². The Morgan fingerprint density at radius 2 is 1.58 bits per heavy atom. The number of rotatable bonds is 5. The van der Waals surface area contributed by atoms with E-state index in [1.165, 1.54) is 6.07 Å². The van der Waals surface area contributed by atoms with Crippen molar-refractivity contribution in [1.29, 1.82) is 0 Å². The molecule has 0 saturated heterocycles. The lowest BCUT2D eigenvalue weighted by Crippen LogP contribution is -2.27. The first-order valence-electron chi connectivity index (χ1n) is 8.12. The minimum Gasteiger partial charge on any atom is -0.458 e. The van der Waals surface area contributed by atoms with Crippen LogP contribution in [0.15, 0.2) is 54.6 Å². The number of carbonyl (C=O) groups is 1. The van der Waals surface area contributed by atoms with Crippen molar-refractivity contribution in [1.82, 2.24) is 0 Å². The zero-order valence-electron chi connectivity index (χ0n) is 14.8. The fraction of sp³-hybridized carbons (Fsp3) is 0.350. The third-order valence-corrected chi connectivity index (χ3v) is 3.41. The summed E-state index contributed by atoms with van der Waals surface area (Å²) in [6, 6.07) is 13.7. The first-order chi connectivity index (χ1) is 12.1. The summed E-state index contributed by atoms with van der Waals surface area (Å²) in [6.45, 7) is 4.82. The second-order valence-electron chi connectivity index (χ2n) is 6.81. The molecule has 0 aliphatic heterocycles. The SMILES string of the molecule is CC(C)(C)OC(=O)COC(c1ccccc1)c1cccc(C(F)(F)F)c1. The first kappa shape index (κ1) is 20.0. The van der Waals surface area contributed by atoms with Gasteiger partial charge in [0, 0.05) is 0 Å². The van der Waals surface area contributed by atoms with Crippen molar-refractivity contribution in [3.63, 3.8) is 0 Å². The molecule has 1 atom stereocenters. The average Bonchev–Trinajstić information content (AvgIpc) is 2.54. The highest BCUT2D eigenvalue weighted by molar-refractivity contribution is 5.71. The lowest BCUT2D eigenvalue weighted by molar-refractivity contribution is -0.161. The van der Waals surface area contributed by atoms with Crippen LogP contribution in [0.3, 0.4) is 0 Å². The van der Waals surface area contributed by atoms with Gasteiger partial charge in [0.05, 0.1) is 5.56 Å². The van der Waals surface area contributed by atoms with Crippen LogP contribution in [0.25, 0.3) is 0 Å². The van der Waals surface area contributed by atoms with Gasteiger partial charge in [0.2, 0.25) is 0 Å². The molecule has 0 aliphatic carbocycles. The molecule has 1 unspecified atom stereocenters. The molecule has 0 radical (unpaired) electrons. The molecule has 0 spiro atoms. The van der Waals surface area contributed by atoms with Gasteiger partial charge in [-0.2, -0.15) is 13.2 Å². The Balaban J connectivity index is 2.27. The van der Waals surface area contributed by atoms with E-state index in [1.54, 1.807) is 57.2 Å². The first-order valence-corrected chi connectivity index (χ1v) is 8.12. The van der Waals surface area contributed by atoms with Gasteiger partial charge in [-0.25, -0.2) is 4.79 Å². The Kier molecular flexibility index (Phi) is 6.08. The predicted octanol–water partition coefficient (Wildman–Crippen LogP) is 5.15. The monoisotopic (exact) mass is 366 g/mol. The minimum absolute atomic E-state index is 0.314. The quantitative estimate of drug-likeness (QED) is 0.686. The van der Waals surface area contributed by atoms with E-state index in [-0.39, 0.29) is 6.61 Å². The normalized spacial score (nSPS) is 13.3. The molecule has 3 nitrogen and oxygen atoms in total. The van der Waals surface area contributed by atoms with Crippen LogP contribution >= 0.6 is 0 Å². The number of hydrogen-bond acceptors (Lipinski definition) is 3. The molecule has 0 saturated carbocycles. The van der Waals surface area contributed by atoms with Crippen LogP contribution in [0.2, 0.25) is 0 Å². The topological polar surface area (TPSA) is 35.5 Å². The standard InChI is InChI=1S/C20H21F3O3/c1-19(2,3)26-17(24)13-25-18(14-8-5-4-6-9-14)15-10-7-11-16(12-15)20(21,22)23/h4-12,18H,13H2,1-3H3. The summed E-state index contributed by atoms with van der Waals surface area (Å²) < 4.78 is 49.9. The number of ether oxygens (including phenoxy) is 2. The molecular weight excluding hydrogens is 345 g/mol. The highest BCUT2D eigenvalue weighted by Crippen LogP contribution is 2.33. The molecule has 6 heteroatoms. The fourth-order valence-corrected chi connectivity index (χ4v) is 2.41. The van der Waals surface area contributed by atoms with Crippen molar-refractivity contribution in [2.45, 2.75) is 38.7 Å². The molecule has 0 amide bonds. The maximum atomic E-state index is 13.0. The molecule has 26 heavy (non-hydrogen) atoms. The van der Waals surface area contributed by atoms with Crippen LogP contribution in [-0.2, 0) is 20.4 Å². The molecule has 0 heterocycles. The second-order valence-corrected chi connectivity index (χ2v) is 6.81. The highest BCUT2D eigenvalue weighted by Gasteiger charge is 2.31. The van der Waals surface area contributed by atoms with Gasteiger partial charge in [-0.3, -0.25) is 0 Å². The van der Waals surface area contributed by atoms with Crippen LogP contribution in [0, 0.1) is 0 Å². The van der Waals surface area contributed by atoms with Crippen molar-refractivity contribution in [3.8, 4) is 0 Å². The van der Waals surface area contributed by atoms with Gasteiger partial charge in [0.25, 0.3) is 0 Å². The van der Waals surface area contributed by atoms with Crippen molar-refractivity contribution < 1.29 is 27.4 Å². The fourth-order valence-electron chi connectivity index (χ4n) is 2.41. The van der Waals surface area contributed by atoms with Crippen molar-refractivity contribution in [2.24, 2.45) is 0 Å². The number of benzene rings is 2. The lowest BCUT2D eigenvalue weighted by atomic mass is 9.99.